The van der Waals surface area contributed by atoms with Gasteiger partial charge in [-0.25, -0.2) is 9.78 Å². The van der Waals surface area contributed by atoms with Crippen LogP contribution in [0.15, 0.2) is 71.1 Å². The number of fused-ring (bicyclic) bond motifs is 1. The zero-order valence-electron chi connectivity index (χ0n) is 14.9. The van der Waals surface area contributed by atoms with Gasteiger partial charge >= 0.3 is 5.63 Å². The quantitative estimate of drug-likeness (QED) is 0.169. The first-order chi connectivity index (χ1) is 13.9. The number of rotatable bonds is 4. The van der Waals surface area contributed by atoms with Crippen LogP contribution in [0.2, 0.25) is 5.02 Å². The molecule has 0 saturated carbocycles. The third-order valence-electron chi connectivity index (χ3n) is 4.11. The number of hydrogen-bond donors (Lipinski definition) is 1. The van der Waals surface area contributed by atoms with Gasteiger partial charge in [-0.2, -0.15) is 5.10 Å². The first kappa shape index (κ1) is 20.3. The molecule has 2 aromatic heterocycles. The lowest BCUT2D eigenvalue weighted by Crippen LogP contribution is -2.03. The Bertz CT molecular complexity index is 1300. The third-order valence-corrected chi connectivity index (χ3v) is 6.16. The number of hydrazone groups is 1. The van der Waals surface area contributed by atoms with Crippen LogP contribution in [0.5, 0.6) is 0 Å². The van der Waals surface area contributed by atoms with E-state index in [0.29, 0.717) is 31.5 Å². The molecule has 0 fully saturated rings. The fraction of sp³-hybridized carbons (Fsp3) is 0.0500. The Kier molecular flexibility index (Phi) is 5.87. The van der Waals surface area contributed by atoms with Crippen LogP contribution in [0.25, 0.3) is 22.2 Å². The van der Waals surface area contributed by atoms with Gasteiger partial charge in [-0.15, -0.1) is 11.3 Å². The normalized spacial score (nSPS) is 11.8. The van der Waals surface area contributed by atoms with Crippen LogP contribution in [0.1, 0.15) is 12.5 Å². The van der Waals surface area contributed by atoms with Crippen LogP contribution >= 0.6 is 54.8 Å². The molecule has 0 bridgehead atoms. The van der Waals surface area contributed by atoms with Crippen molar-refractivity contribution in [3.8, 4) is 11.3 Å². The molecule has 0 radical (unpaired) electrons. The zero-order chi connectivity index (χ0) is 20.5. The maximum atomic E-state index is 12.5. The molecule has 4 rings (SSSR count). The first-order valence-corrected chi connectivity index (χ1v) is 11.2. The molecule has 0 spiro atoms. The molecule has 0 unspecified atom stereocenters. The maximum absolute atomic E-state index is 12.5. The van der Waals surface area contributed by atoms with E-state index >= 15 is 0 Å². The Labute approximate surface area is 191 Å². The number of hydrogen-bond acceptors (Lipinski definition) is 6. The summed E-state index contributed by atoms with van der Waals surface area (Å²) in [5, 5.41) is 8.18. The highest BCUT2D eigenvalue weighted by Gasteiger charge is 2.13. The van der Waals surface area contributed by atoms with Crippen molar-refractivity contribution < 1.29 is 4.42 Å². The average molecular weight is 554 g/mol. The number of anilines is 1. The molecule has 0 aliphatic carbocycles. The summed E-state index contributed by atoms with van der Waals surface area (Å²) in [6.07, 6.45) is 0. The summed E-state index contributed by atoms with van der Waals surface area (Å²) < 4.78 is 7.08. The molecule has 29 heavy (non-hydrogen) atoms. The van der Waals surface area contributed by atoms with Crippen LogP contribution in [-0.2, 0) is 0 Å². The van der Waals surface area contributed by atoms with Crippen molar-refractivity contribution in [3.05, 3.63) is 77.8 Å². The highest BCUT2D eigenvalue weighted by atomic mass is 79.9. The molecular weight excluding hydrogens is 542 g/mol. The predicted molar refractivity (Wildman–Crippen MR) is 126 cm³/mol. The van der Waals surface area contributed by atoms with E-state index in [9.17, 15) is 4.79 Å². The van der Waals surface area contributed by atoms with E-state index in [4.69, 9.17) is 16.0 Å². The summed E-state index contributed by atoms with van der Waals surface area (Å²) in [6, 6.07) is 12.9. The standard InChI is InChI=1S/C20H12Br2ClN3O2S/c1-10(11-2-4-14(23)5-3-11)25-26-20-24-17(9-29-20)15-7-12-6-13(21)8-16(22)18(12)28-19(15)27/h2-9H,1H3,(H,24,26)/b25-10+. The van der Waals surface area contributed by atoms with Gasteiger partial charge in [0.25, 0.3) is 0 Å². The van der Waals surface area contributed by atoms with E-state index in [1.807, 2.05) is 43.3 Å². The van der Waals surface area contributed by atoms with Crippen molar-refractivity contribution in [3.63, 3.8) is 0 Å². The molecular formula is C20H12Br2ClN3O2S. The summed E-state index contributed by atoms with van der Waals surface area (Å²) in [5.41, 5.74) is 5.65. The molecule has 0 atom stereocenters. The molecule has 4 aromatic rings. The summed E-state index contributed by atoms with van der Waals surface area (Å²) in [7, 11) is 0. The van der Waals surface area contributed by atoms with E-state index in [1.165, 1.54) is 11.3 Å². The number of nitrogens with zero attached hydrogens (tertiary/aromatic N) is 2. The van der Waals surface area contributed by atoms with Gasteiger partial charge in [0.05, 0.1) is 21.4 Å². The molecule has 2 aromatic carbocycles. The number of thiazole rings is 1. The van der Waals surface area contributed by atoms with Crippen molar-refractivity contribution >= 4 is 76.6 Å². The first-order valence-electron chi connectivity index (χ1n) is 8.36. The Hall–Kier alpha value is -2.00. The molecule has 9 heteroatoms. The van der Waals surface area contributed by atoms with E-state index in [1.54, 1.807) is 11.4 Å². The topological polar surface area (TPSA) is 67.5 Å². The molecule has 2 heterocycles. The van der Waals surface area contributed by atoms with Gasteiger partial charge in [0.15, 0.2) is 5.58 Å². The lowest BCUT2D eigenvalue weighted by molar-refractivity contribution is 0.561. The lowest BCUT2D eigenvalue weighted by Gasteiger charge is -2.03. The van der Waals surface area contributed by atoms with Crippen molar-refractivity contribution in [2.45, 2.75) is 6.92 Å². The summed E-state index contributed by atoms with van der Waals surface area (Å²) in [6.45, 7) is 1.89. The van der Waals surface area contributed by atoms with E-state index < -0.39 is 5.63 Å². The van der Waals surface area contributed by atoms with Gasteiger partial charge in [0.1, 0.15) is 0 Å². The Balaban J connectivity index is 1.62. The number of halogens is 3. The Morgan fingerprint density at radius 2 is 1.97 bits per heavy atom. The van der Waals surface area contributed by atoms with Gasteiger partial charge in [-0.1, -0.05) is 39.7 Å². The van der Waals surface area contributed by atoms with Crippen molar-refractivity contribution in [2.75, 3.05) is 5.43 Å². The van der Waals surface area contributed by atoms with E-state index in [2.05, 4.69) is 47.4 Å². The minimum Gasteiger partial charge on any atom is -0.421 e. The maximum Gasteiger partial charge on any atom is 0.345 e. The van der Waals surface area contributed by atoms with Crippen molar-refractivity contribution in [2.24, 2.45) is 5.10 Å². The zero-order valence-corrected chi connectivity index (χ0v) is 19.6. The smallest absolute Gasteiger partial charge is 0.345 e. The molecule has 0 aliphatic heterocycles. The van der Waals surface area contributed by atoms with Gasteiger partial charge < -0.3 is 4.42 Å². The van der Waals surface area contributed by atoms with Crippen LogP contribution in [-0.4, -0.2) is 10.7 Å². The largest absolute Gasteiger partial charge is 0.421 e. The summed E-state index contributed by atoms with van der Waals surface area (Å²) in [4.78, 5) is 16.9. The van der Waals surface area contributed by atoms with Crippen molar-refractivity contribution in [1.29, 1.82) is 0 Å². The average Bonchev–Trinajstić information content (AvgIpc) is 3.15. The fourth-order valence-electron chi connectivity index (χ4n) is 2.67. The Morgan fingerprint density at radius 3 is 2.72 bits per heavy atom. The predicted octanol–water partition coefficient (Wildman–Crippen LogP) is 6.93. The summed E-state index contributed by atoms with van der Waals surface area (Å²) in [5.74, 6) is 0. The second-order valence-electron chi connectivity index (χ2n) is 6.11. The molecule has 0 amide bonds. The highest BCUT2D eigenvalue weighted by molar-refractivity contribution is 9.11. The second kappa shape index (κ2) is 8.39. The third kappa shape index (κ3) is 4.45. The lowest BCUT2D eigenvalue weighted by atomic mass is 10.1. The Morgan fingerprint density at radius 1 is 1.21 bits per heavy atom. The van der Waals surface area contributed by atoms with E-state index in [0.717, 1.165) is 21.1 Å². The van der Waals surface area contributed by atoms with Crippen LogP contribution in [0.4, 0.5) is 5.13 Å². The summed E-state index contributed by atoms with van der Waals surface area (Å²) >= 11 is 14.1. The SMILES string of the molecule is C/C(=N\Nc1nc(-c2cc3cc(Br)cc(Br)c3oc2=O)cs1)c1ccc(Cl)cc1. The molecule has 1 N–H and O–H groups in total. The van der Waals surface area contributed by atoms with Crippen molar-refractivity contribution in [1.82, 2.24) is 4.98 Å². The van der Waals surface area contributed by atoms with Gasteiger partial charge in [0, 0.05) is 20.3 Å². The van der Waals surface area contributed by atoms with Gasteiger partial charge in [-0.05, 0) is 58.7 Å². The molecule has 5 nitrogen and oxygen atoms in total. The van der Waals surface area contributed by atoms with Crippen LogP contribution < -0.4 is 11.1 Å². The monoisotopic (exact) mass is 551 g/mol. The fourth-order valence-corrected chi connectivity index (χ4v) is 4.79. The van der Waals surface area contributed by atoms with Crippen LogP contribution in [0, 0.1) is 0 Å². The molecule has 0 saturated heterocycles. The number of nitrogens with one attached hydrogen (secondary N) is 1. The molecule has 146 valence electrons. The van der Waals surface area contributed by atoms with Crippen LogP contribution in [0.3, 0.4) is 0 Å². The second-order valence-corrected chi connectivity index (χ2v) is 9.17. The van der Waals surface area contributed by atoms with Gasteiger partial charge in [-0.3, -0.25) is 5.43 Å². The minimum absolute atomic E-state index is 0.394. The molecule has 0 aliphatic rings. The van der Waals surface area contributed by atoms with E-state index in [-0.39, 0.29) is 0 Å². The minimum atomic E-state index is -0.446. The highest BCUT2D eigenvalue weighted by Crippen LogP contribution is 2.31. The number of benzene rings is 2. The van der Waals surface area contributed by atoms with Gasteiger partial charge in [0.2, 0.25) is 5.13 Å². The number of aromatic nitrogens is 1.